The van der Waals surface area contributed by atoms with Crippen LogP contribution in [0.15, 0.2) is 41.5 Å². The molecular weight excluding hydrogens is 362 g/mol. The normalized spacial score (nSPS) is 17.9. The molecule has 0 aliphatic carbocycles. The van der Waals surface area contributed by atoms with Crippen molar-refractivity contribution in [1.29, 1.82) is 0 Å². The first-order valence-electron chi connectivity index (χ1n) is 10.2. The third kappa shape index (κ3) is 4.29. The number of carbonyl (C=O) groups is 1. The maximum atomic E-state index is 12.3. The van der Waals surface area contributed by atoms with E-state index in [2.05, 4.69) is 62.2 Å². The molecule has 0 radical (unpaired) electrons. The Bertz CT molecular complexity index is 916. The number of amides is 1. The Morgan fingerprint density at radius 2 is 2.00 bits per heavy atom. The maximum absolute atomic E-state index is 12.3. The predicted octanol–water partition coefficient (Wildman–Crippen LogP) is 4.88. The first-order valence-corrected chi connectivity index (χ1v) is 10.2. The van der Waals surface area contributed by atoms with Crippen LogP contribution < -0.4 is 15.1 Å². The van der Waals surface area contributed by atoms with Gasteiger partial charge in [0.05, 0.1) is 13.3 Å². The molecule has 0 saturated heterocycles. The van der Waals surface area contributed by atoms with Gasteiger partial charge < -0.3 is 9.64 Å². The molecule has 1 aliphatic rings. The van der Waals surface area contributed by atoms with Gasteiger partial charge in [-0.05, 0) is 93.1 Å². The summed E-state index contributed by atoms with van der Waals surface area (Å²) < 4.78 is 5.12. The second-order valence-corrected chi connectivity index (χ2v) is 8.36. The van der Waals surface area contributed by atoms with E-state index in [1.165, 1.54) is 11.3 Å². The summed E-state index contributed by atoms with van der Waals surface area (Å²) in [6, 6.07) is 11.4. The number of nitrogens with zero attached hydrogens (tertiary/aromatic N) is 2. The summed E-state index contributed by atoms with van der Waals surface area (Å²) in [6.45, 7) is 12.2. The number of fused-ring (bicyclic) bond motifs is 1. The van der Waals surface area contributed by atoms with E-state index in [1.54, 1.807) is 37.6 Å². The fraction of sp³-hybridized carbons (Fsp3) is 0.417. The van der Waals surface area contributed by atoms with Crippen molar-refractivity contribution in [2.24, 2.45) is 5.10 Å². The fourth-order valence-corrected chi connectivity index (χ4v) is 4.36. The predicted molar refractivity (Wildman–Crippen MR) is 119 cm³/mol. The average Bonchev–Trinajstić information content (AvgIpc) is 2.68. The van der Waals surface area contributed by atoms with Gasteiger partial charge in [-0.3, -0.25) is 4.79 Å². The van der Waals surface area contributed by atoms with Crippen LogP contribution in [-0.2, 0) is 0 Å². The first-order chi connectivity index (χ1) is 13.8. The SMILES string of the molecule is CCN1c2cc(C)c(/C=N\NC(=O)c3ccc(OC)cc3)cc2[C@H](C)CC1(C)C. The molecule has 3 rings (SSSR count). The van der Waals surface area contributed by atoms with Crippen LogP contribution >= 0.6 is 0 Å². The molecule has 154 valence electrons. The summed E-state index contributed by atoms with van der Waals surface area (Å²) in [5.41, 5.74) is 8.14. The Morgan fingerprint density at radius 1 is 1.31 bits per heavy atom. The van der Waals surface area contributed by atoms with Crippen molar-refractivity contribution in [3.05, 3.63) is 58.7 Å². The molecule has 1 atom stereocenters. The number of aryl methyl sites for hydroxylation is 1. The van der Waals surface area contributed by atoms with Gasteiger partial charge in [0.2, 0.25) is 0 Å². The molecule has 1 N–H and O–H groups in total. The molecule has 0 spiro atoms. The lowest BCUT2D eigenvalue weighted by Crippen LogP contribution is -2.48. The summed E-state index contributed by atoms with van der Waals surface area (Å²) in [6.07, 6.45) is 2.85. The Morgan fingerprint density at radius 3 is 2.62 bits per heavy atom. The van der Waals surface area contributed by atoms with Crippen LogP contribution in [0.1, 0.15) is 67.1 Å². The fourth-order valence-electron chi connectivity index (χ4n) is 4.36. The Balaban J connectivity index is 1.79. The van der Waals surface area contributed by atoms with Crippen LogP contribution in [0, 0.1) is 6.92 Å². The van der Waals surface area contributed by atoms with E-state index in [0.717, 1.165) is 24.1 Å². The maximum Gasteiger partial charge on any atom is 0.271 e. The largest absolute Gasteiger partial charge is 0.497 e. The van der Waals surface area contributed by atoms with Gasteiger partial charge in [0, 0.05) is 23.3 Å². The highest BCUT2D eigenvalue weighted by atomic mass is 16.5. The minimum absolute atomic E-state index is 0.148. The number of hydrogen-bond acceptors (Lipinski definition) is 4. The minimum atomic E-state index is -0.244. The molecular formula is C24H31N3O2. The molecule has 1 aliphatic heterocycles. The van der Waals surface area contributed by atoms with Gasteiger partial charge in [0.25, 0.3) is 5.91 Å². The number of hydrazone groups is 1. The minimum Gasteiger partial charge on any atom is -0.497 e. The zero-order valence-corrected chi connectivity index (χ0v) is 18.2. The number of hydrogen-bond donors (Lipinski definition) is 1. The number of carbonyl (C=O) groups excluding carboxylic acids is 1. The van der Waals surface area contributed by atoms with Crippen LogP contribution in [0.2, 0.25) is 0 Å². The highest BCUT2D eigenvalue weighted by Gasteiger charge is 2.35. The zero-order chi connectivity index (χ0) is 21.2. The van der Waals surface area contributed by atoms with Gasteiger partial charge in [-0.2, -0.15) is 5.10 Å². The third-order valence-electron chi connectivity index (χ3n) is 5.81. The van der Waals surface area contributed by atoms with E-state index >= 15 is 0 Å². The number of nitrogens with one attached hydrogen (secondary N) is 1. The highest BCUT2D eigenvalue weighted by Crippen LogP contribution is 2.43. The van der Waals surface area contributed by atoms with Crippen LogP contribution in [0.3, 0.4) is 0 Å². The number of anilines is 1. The molecule has 0 aromatic heterocycles. The molecule has 0 saturated carbocycles. The van der Waals surface area contributed by atoms with E-state index in [1.807, 2.05) is 0 Å². The first kappa shape index (κ1) is 20.9. The van der Waals surface area contributed by atoms with Crippen LogP contribution in [0.25, 0.3) is 0 Å². The second-order valence-electron chi connectivity index (χ2n) is 8.36. The number of rotatable bonds is 5. The molecule has 2 aromatic rings. The van der Waals surface area contributed by atoms with Crippen molar-refractivity contribution >= 4 is 17.8 Å². The molecule has 1 amide bonds. The van der Waals surface area contributed by atoms with Crippen molar-refractivity contribution in [3.63, 3.8) is 0 Å². The molecule has 29 heavy (non-hydrogen) atoms. The summed E-state index contributed by atoms with van der Waals surface area (Å²) in [4.78, 5) is 14.8. The summed E-state index contributed by atoms with van der Waals surface area (Å²) in [5.74, 6) is 0.949. The summed E-state index contributed by atoms with van der Waals surface area (Å²) in [5, 5.41) is 4.19. The van der Waals surface area contributed by atoms with Crippen LogP contribution in [0.4, 0.5) is 5.69 Å². The van der Waals surface area contributed by atoms with Gasteiger partial charge >= 0.3 is 0 Å². The van der Waals surface area contributed by atoms with Gasteiger partial charge in [0.1, 0.15) is 5.75 Å². The quantitative estimate of drug-likeness (QED) is 0.582. The van der Waals surface area contributed by atoms with E-state index in [4.69, 9.17) is 4.74 Å². The number of benzene rings is 2. The Kier molecular flexibility index (Phi) is 5.96. The van der Waals surface area contributed by atoms with Crippen LogP contribution in [0.5, 0.6) is 5.75 Å². The Labute approximate surface area is 173 Å². The lowest BCUT2D eigenvalue weighted by molar-refractivity contribution is 0.0955. The van der Waals surface area contributed by atoms with Crippen molar-refractivity contribution in [2.45, 2.75) is 52.5 Å². The van der Waals surface area contributed by atoms with Crippen molar-refractivity contribution in [2.75, 3.05) is 18.6 Å². The van der Waals surface area contributed by atoms with Crippen molar-refractivity contribution < 1.29 is 9.53 Å². The average molecular weight is 394 g/mol. The monoisotopic (exact) mass is 393 g/mol. The smallest absolute Gasteiger partial charge is 0.271 e. The van der Waals surface area contributed by atoms with Crippen molar-refractivity contribution in [3.8, 4) is 5.75 Å². The van der Waals surface area contributed by atoms with Crippen molar-refractivity contribution in [1.82, 2.24) is 5.43 Å². The van der Waals surface area contributed by atoms with Gasteiger partial charge in [-0.1, -0.05) is 6.92 Å². The molecule has 2 aromatic carbocycles. The standard InChI is InChI=1S/C24H31N3O2/c1-7-27-22-12-16(2)19(13-21(22)17(3)14-24(27,4)5)15-25-26-23(28)18-8-10-20(29-6)11-9-18/h8-13,15,17H,7,14H2,1-6H3,(H,26,28)/b25-15-/t17-/m1/s1. The number of methoxy groups -OCH3 is 1. The van der Waals surface area contributed by atoms with E-state index < -0.39 is 0 Å². The van der Waals surface area contributed by atoms with E-state index in [9.17, 15) is 4.79 Å². The van der Waals surface area contributed by atoms with Gasteiger partial charge in [0.15, 0.2) is 0 Å². The van der Waals surface area contributed by atoms with E-state index in [-0.39, 0.29) is 11.4 Å². The molecule has 0 unspecified atom stereocenters. The lowest BCUT2D eigenvalue weighted by atomic mass is 9.79. The molecule has 0 fully saturated rings. The molecule has 1 heterocycles. The molecule has 0 bridgehead atoms. The van der Waals surface area contributed by atoms with Gasteiger partial charge in [-0.25, -0.2) is 5.43 Å². The number of ether oxygens (including phenoxy) is 1. The van der Waals surface area contributed by atoms with E-state index in [0.29, 0.717) is 17.2 Å². The third-order valence-corrected chi connectivity index (χ3v) is 5.81. The highest BCUT2D eigenvalue weighted by molar-refractivity contribution is 5.95. The summed E-state index contributed by atoms with van der Waals surface area (Å²) in [7, 11) is 1.60. The van der Waals surface area contributed by atoms with Crippen LogP contribution in [-0.4, -0.2) is 31.3 Å². The Hall–Kier alpha value is -2.82. The molecule has 5 nitrogen and oxygen atoms in total. The second kappa shape index (κ2) is 8.27. The zero-order valence-electron chi connectivity index (χ0n) is 18.2. The summed E-state index contributed by atoms with van der Waals surface area (Å²) >= 11 is 0. The lowest BCUT2D eigenvalue weighted by Gasteiger charge is -2.47. The topological polar surface area (TPSA) is 53.9 Å². The van der Waals surface area contributed by atoms with Gasteiger partial charge in [-0.15, -0.1) is 0 Å². The molecule has 5 heteroatoms.